The molecule has 62 valence electrons. The van der Waals surface area contributed by atoms with Gasteiger partial charge in [0.1, 0.15) is 0 Å². The normalized spacial score (nSPS) is 11.5. The second kappa shape index (κ2) is 4.85. The molecule has 0 radical (unpaired) electrons. The van der Waals surface area contributed by atoms with Crippen molar-refractivity contribution in [2.24, 2.45) is 0 Å². The van der Waals surface area contributed by atoms with E-state index < -0.39 is 12.2 Å². The summed E-state index contributed by atoms with van der Waals surface area (Å²) in [5, 5.41) is 2.64. The fourth-order valence-electron chi connectivity index (χ4n) is 0.391. The molecular formula is C7H11NO2S. The molecule has 0 aromatic heterocycles. The Hall–Kier alpha value is -0.900. The molecule has 0 amide bonds. The Kier molecular flexibility index (Phi) is 4.45. The fraction of sp³-hybridized carbons (Fsp3) is 0.429. The standard InChI is InChI=1S/C7H11NO2S/c1-5(2)7(9)10-6(3)8-4-11/h4,6H,1H2,2-3H3,(H,8,11). The molecule has 0 spiro atoms. The largest absolute Gasteiger partial charge is 0.439 e. The van der Waals surface area contributed by atoms with Gasteiger partial charge in [-0.05, 0) is 13.8 Å². The maximum atomic E-state index is 10.8. The maximum Gasteiger partial charge on any atom is 0.335 e. The first-order valence-corrected chi connectivity index (χ1v) is 3.61. The highest BCUT2D eigenvalue weighted by Gasteiger charge is 2.06. The SMILES string of the molecule is C=C(C)C(=O)OC(C)NC=S. The quantitative estimate of drug-likeness (QED) is 0.298. The van der Waals surface area contributed by atoms with Crippen molar-refractivity contribution in [1.29, 1.82) is 0 Å². The number of hydrogen-bond donors (Lipinski definition) is 1. The third-order valence-electron chi connectivity index (χ3n) is 0.935. The number of carbonyl (C=O) groups excluding carboxylic acids is 1. The van der Waals surface area contributed by atoms with Gasteiger partial charge in [0.05, 0.1) is 5.49 Å². The summed E-state index contributed by atoms with van der Waals surface area (Å²) in [5.74, 6) is -0.415. The zero-order valence-corrected chi connectivity index (χ0v) is 7.40. The number of hydrogen-bond acceptors (Lipinski definition) is 3. The van der Waals surface area contributed by atoms with E-state index in [1.54, 1.807) is 13.8 Å². The van der Waals surface area contributed by atoms with Crippen LogP contribution < -0.4 is 5.32 Å². The van der Waals surface area contributed by atoms with E-state index in [1.165, 1.54) is 5.49 Å². The topological polar surface area (TPSA) is 38.3 Å². The van der Waals surface area contributed by atoms with Gasteiger partial charge in [0.25, 0.3) is 0 Å². The molecule has 0 aromatic carbocycles. The van der Waals surface area contributed by atoms with Gasteiger partial charge in [-0.1, -0.05) is 18.8 Å². The molecule has 0 aliphatic carbocycles. The van der Waals surface area contributed by atoms with Crippen LogP contribution in [0.3, 0.4) is 0 Å². The van der Waals surface area contributed by atoms with Gasteiger partial charge in [-0.25, -0.2) is 4.79 Å². The first kappa shape index (κ1) is 10.1. The van der Waals surface area contributed by atoms with Gasteiger partial charge in [0.15, 0.2) is 6.23 Å². The van der Waals surface area contributed by atoms with E-state index in [9.17, 15) is 4.79 Å². The molecule has 0 bridgehead atoms. The Balaban J connectivity index is 3.74. The molecule has 0 saturated heterocycles. The van der Waals surface area contributed by atoms with E-state index in [0.717, 1.165) is 0 Å². The smallest absolute Gasteiger partial charge is 0.335 e. The molecule has 1 atom stereocenters. The minimum absolute atomic E-state index is 0.378. The molecule has 1 unspecified atom stereocenters. The maximum absolute atomic E-state index is 10.8. The molecule has 0 rings (SSSR count). The van der Waals surface area contributed by atoms with Crippen molar-refractivity contribution in [3.8, 4) is 0 Å². The third-order valence-corrected chi connectivity index (χ3v) is 1.07. The van der Waals surface area contributed by atoms with Gasteiger partial charge in [0, 0.05) is 5.57 Å². The van der Waals surface area contributed by atoms with Crippen LogP contribution in [0.5, 0.6) is 0 Å². The summed E-state index contributed by atoms with van der Waals surface area (Å²) in [6.07, 6.45) is -0.392. The second-order valence-corrected chi connectivity index (χ2v) is 2.35. The van der Waals surface area contributed by atoms with E-state index in [2.05, 4.69) is 24.1 Å². The summed E-state index contributed by atoms with van der Waals surface area (Å²) in [7, 11) is 0. The Morgan fingerprint density at radius 2 is 2.36 bits per heavy atom. The van der Waals surface area contributed by atoms with Gasteiger partial charge in [0.2, 0.25) is 0 Å². The average molecular weight is 173 g/mol. The summed E-state index contributed by atoms with van der Waals surface area (Å²) < 4.78 is 4.80. The summed E-state index contributed by atoms with van der Waals surface area (Å²) in [5.41, 5.74) is 1.68. The van der Waals surface area contributed by atoms with Gasteiger partial charge < -0.3 is 10.1 Å². The summed E-state index contributed by atoms with van der Waals surface area (Å²) in [6.45, 7) is 6.70. The summed E-state index contributed by atoms with van der Waals surface area (Å²) in [4.78, 5) is 10.8. The number of carbonyl (C=O) groups is 1. The van der Waals surface area contributed by atoms with Crippen LogP contribution in [0.4, 0.5) is 0 Å². The van der Waals surface area contributed by atoms with Gasteiger partial charge in [-0.3, -0.25) is 0 Å². The van der Waals surface area contributed by atoms with Crippen molar-refractivity contribution in [2.75, 3.05) is 0 Å². The summed E-state index contributed by atoms with van der Waals surface area (Å²) >= 11 is 4.50. The van der Waals surface area contributed by atoms with Crippen molar-refractivity contribution in [3.63, 3.8) is 0 Å². The van der Waals surface area contributed by atoms with Crippen LogP contribution in [0.1, 0.15) is 13.8 Å². The highest BCUT2D eigenvalue weighted by Crippen LogP contribution is 1.94. The van der Waals surface area contributed by atoms with Crippen molar-refractivity contribution < 1.29 is 9.53 Å². The lowest BCUT2D eigenvalue weighted by molar-refractivity contribution is -0.143. The van der Waals surface area contributed by atoms with Crippen LogP contribution in [0.25, 0.3) is 0 Å². The van der Waals surface area contributed by atoms with Crippen molar-refractivity contribution in [2.45, 2.75) is 20.1 Å². The lowest BCUT2D eigenvalue weighted by Crippen LogP contribution is -2.29. The molecule has 0 aromatic rings. The van der Waals surface area contributed by atoms with Crippen LogP contribution in [0.15, 0.2) is 12.2 Å². The van der Waals surface area contributed by atoms with Crippen LogP contribution in [0, 0.1) is 0 Å². The summed E-state index contributed by atoms with van der Waals surface area (Å²) in [6, 6.07) is 0. The first-order chi connectivity index (χ1) is 5.07. The first-order valence-electron chi connectivity index (χ1n) is 3.14. The van der Waals surface area contributed by atoms with Crippen molar-refractivity contribution in [1.82, 2.24) is 5.32 Å². The highest BCUT2D eigenvalue weighted by atomic mass is 32.1. The molecule has 0 saturated carbocycles. The molecule has 0 heterocycles. The van der Waals surface area contributed by atoms with Crippen LogP contribution >= 0.6 is 12.2 Å². The molecule has 0 aliphatic rings. The lowest BCUT2D eigenvalue weighted by atomic mass is 10.4. The zero-order chi connectivity index (χ0) is 8.85. The Labute approximate surface area is 71.4 Å². The van der Waals surface area contributed by atoms with E-state index >= 15 is 0 Å². The van der Waals surface area contributed by atoms with Crippen molar-refractivity contribution in [3.05, 3.63) is 12.2 Å². The number of ether oxygens (including phenoxy) is 1. The number of rotatable bonds is 4. The van der Waals surface area contributed by atoms with Gasteiger partial charge in [-0.15, -0.1) is 0 Å². The van der Waals surface area contributed by atoms with Crippen LogP contribution in [0.2, 0.25) is 0 Å². The van der Waals surface area contributed by atoms with E-state index in [1.807, 2.05) is 0 Å². The predicted molar refractivity (Wildman–Crippen MR) is 47.2 cm³/mol. The number of esters is 1. The lowest BCUT2D eigenvalue weighted by Gasteiger charge is -2.11. The zero-order valence-electron chi connectivity index (χ0n) is 6.59. The molecule has 0 fully saturated rings. The van der Waals surface area contributed by atoms with Crippen molar-refractivity contribution >= 4 is 23.7 Å². The second-order valence-electron chi connectivity index (χ2n) is 2.11. The Morgan fingerprint density at radius 3 is 2.73 bits per heavy atom. The molecular weight excluding hydrogens is 162 g/mol. The molecule has 1 N–H and O–H groups in total. The molecule has 11 heavy (non-hydrogen) atoms. The third kappa shape index (κ3) is 4.50. The van der Waals surface area contributed by atoms with Gasteiger partial charge in [-0.2, -0.15) is 0 Å². The van der Waals surface area contributed by atoms with E-state index in [-0.39, 0.29) is 0 Å². The monoisotopic (exact) mass is 173 g/mol. The molecule has 0 aliphatic heterocycles. The van der Waals surface area contributed by atoms with Crippen LogP contribution in [-0.4, -0.2) is 17.7 Å². The highest BCUT2D eigenvalue weighted by molar-refractivity contribution is 7.78. The number of thiocarbonyl (C=S) groups is 1. The minimum atomic E-state index is -0.415. The predicted octanol–water partition coefficient (Wildman–Crippen LogP) is 0.998. The van der Waals surface area contributed by atoms with Crippen LogP contribution in [-0.2, 0) is 9.53 Å². The fourth-order valence-corrected chi connectivity index (χ4v) is 0.583. The van der Waals surface area contributed by atoms with E-state index in [0.29, 0.717) is 5.57 Å². The molecule has 3 nitrogen and oxygen atoms in total. The van der Waals surface area contributed by atoms with E-state index in [4.69, 9.17) is 4.74 Å². The average Bonchev–Trinajstić information content (AvgIpc) is 1.87. The Bertz CT molecular complexity index is 179. The van der Waals surface area contributed by atoms with Gasteiger partial charge >= 0.3 is 5.97 Å². The minimum Gasteiger partial charge on any atom is -0.439 e. The number of nitrogens with one attached hydrogen (secondary N) is 1. The molecule has 4 heteroatoms. The Morgan fingerprint density at radius 1 is 1.82 bits per heavy atom.